The molecule has 1 unspecified atom stereocenters. The van der Waals surface area contributed by atoms with Crippen LogP contribution in [0.25, 0.3) is 0 Å². The summed E-state index contributed by atoms with van der Waals surface area (Å²) in [6.45, 7) is 1.94. The highest BCUT2D eigenvalue weighted by Gasteiger charge is 2.33. The highest BCUT2D eigenvalue weighted by Crippen LogP contribution is 2.23. The Labute approximate surface area is 158 Å². The minimum absolute atomic E-state index is 0.0259. The number of sulfone groups is 1. The number of amides is 1. The maximum absolute atomic E-state index is 12.6. The zero-order chi connectivity index (χ0) is 18.9. The fourth-order valence-electron chi connectivity index (χ4n) is 2.95. The van der Waals surface area contributed by atoms with Crippen molar-refractivity contribution in [3.63, 3.8) is 0 Å². The van der Waals surface area contributed by atoms with E-state index in [2.05, 4.69) is 10.3 Å². The maximum atomic E-state index is 12.6. The molecular formula is C18H20ClN3O3S. The van der Waals surface area contributed by atoms with Crippen LogP contribution in [-0.4, -0.2) is 48.8 Å². The number of carbonyl (C=O) groups excluding carboxylic acids is 1. The van der Waals surface area contributed by atoms with Crippen molar-refractivity contribution in [2.24, 2.45) is 0 Å². The minimum Gasteiger partial charge on any atom is -0.340 e. The van der Waals surface area contributed by atoms with Gasteiger partial charge in [0.15, 0.2) is 9.84 Å². The second-order valence-electron chi connectivity index (χ2n) is 6.49. The fourth-order valence-corrected chi connectivity index (χ4v) is 4.95. The first-order valence-electron chi connectivity index (χ1n) is 8.22. The lowest BCUT2D eigenvalue weighted by molar-refractivity contribution is 0.0747. The predicted octanol–water partition coefficient (Wildman–Crippen LogP) is 3.05. The molecule has 0 aliphatic carbocycles. The average Bonchev–Trinajstić information content (AvgIpc) is 2.97. The first-order valence-corrected chi connectivity index (χ1v) is 10.4. The Kier molecular flexibility index (Phi) is 5.20. The molecule has 26 heavy (non-hydrogen) atoms. The Morgan fingerprint density at radius 2 is 2.08 bits per heavy atom. The molecule has 1 N–H and O–H groups in total. The number of carbonyl (C=O) groups is 1. The molecule has 1 aromatic carbocycles. The zero-order valence-corrected chi connectivity index (χ0v) is 16.1. The summed E-state index contributed by atoms with van der Waals surface area (Å²) in [4.78, 5) is 18.3. The summed E-state index contributed by atoms with van der Waals surface area (Å²) in [6, 6.07) is 8.64. The molecule has 1 amide bonds. The number of nitrogens with zero attached hydrogens (tertiary/aromatic N) is 2. The molecule has 6 nitrogen and oxygen atoms in total. The van der Waals surface area contributed by atoms with Crippen molar-refractivity contribution < 1.29 is 13.2 Å². The van der Waals surface area contributed by atoms with Crippen LogP contribution in [0.15, 0.2) is 36.5 Å². The second kappa shape index (κ2) is 7.25. The number of rotatable bonds is 4. The summed E-state index contributed by atoms with van der Waals surface area (Å²) < 4.78 is 23.2. The molecule has 0 spiro atoms. The first kappa shape index (κ1) is 18.7. The van der Waals surface area contributed by atoms with Gasteiger partial charge in [0.2, 0.25) is 0 Å². The van der Waals surface area contributed by atoms with Crippen molar-refractivity contribution in [2.75, 3.05) is 23.9 Å². The number of benzene rings is 1. The molecule has 8 heteroatoms. The Morgan fingerprint density at radius 3 is 2.65 bits per heavy atom. The lowest BCUT2D eigenvalue weighted by Crippen LogP contribution is -2.37. The van der Waals surface area contributed by atoms with Crippen LogP contribution in [0.3, 0.4) is 0 Å². The third kappa shape index (κ3) is 4.16. The van der Waals surface area contributed by atoms with E-state index in [1.54, 1.807) is 25.2 Å². The van der Waals surface area contributed by atoms with E-state index in [0.717, 1.165) is 11.3 Å². The van der Waals surface area contributed by atoms with E-state index in [4.69, 9.17) is 11.6 Å². The molecule has 1 atom stereocenters. The van der Waals surface area contributed by atoms with Crippen molar-refractivity contribution in [1.82, 2.24) is 9.88 Å². The summed E-state index contributed by atoms with van der Waals surface area (Å²) >= 11 is 5.95. The number of pyridine rings is 1. The van der Waals surface area contributed by atoms with Crippen molar-refractivity contribution in [2.45, 2.75) is 19.4 Å². The van der Waals surface area contributed by atoms with Gasteiger partial charge in [0.25, 0.3) is 5.91 Å². The lowest BCUT2D eigenvalue weighted by atomic mass is 10.2. The van der Waals surface area contributed by atoms with Gasteiger partial charge in [-0.3, -0.25) is 4.79 Å². The van der Waals surface area contributed by atoms with E-state index in [-0.39, 0.29) is 23.5 Å². The molecule has 1 aromatic heterocycles. The Bertz CT molecular complexity index is 929. The minimum atomic E-state index is -3.03. The Hall–Kier alpha value is -2.12. The van der Waals surface area contributed by atoms with Gasteiger partial charge in [-0.1, -0.05) is 11.6 Å². The van der Waals surface area contributed by atoms with E-state index in [1.165, 1.54) is 11.1 Å². The number of anilines is 2. The van der Waals surface area contributed by atoms with Crippen molar-refractivity contribution in [1.29, 1.82) is 0 Å². The summed E-state index contributed by atoms with van der Waals surface area (Å²) in [7, 11) is -1.40. The summed E-state index contributed by atoms with van der Waals surface area (Å²) in [6.07, 6.45) is 1.98. The number of hydrogen-bond acceptors (Lipinski definition) is 5. The van der Waals surface area contributed by atoms with Gasteiger partial charge in [-0.25, -0.2) is 13.4 Å². The number of nitrogens with one attached hydrogen (secondary N) is 1. The number of aryl methyl sites for hydroxylation is 1. The van der Waals surface area contributed by atoms with Gasteiger partial charge in [-0.2, -0.15) is 0 Å². The predicted molar refractivity (Wildman–Crippen MR) is 103 cm³/mol. The quantitative estimate of drug-likeness (QED) is 0.863. The number of hydrogen-bond donors (Lipinski definition) is 1. The number of aromatic nitrogens is 1. The van der Waals surface area contributed by atoms with Crippen LogP contribution in [-0.2, 0) is 9.84 Å². The third-order valence-corrected chi connectivity index (χ3v) is 6.52. The largest absolute Gasteiger partial charge is 0.340 e. The fraction of sp³-hybridized carbons (Fsp3) is 0.333. The van der Waals surface area contributed by atoms with E-state index in [0.29, 0.717) is 22.8 Å². The van der Waals surface area contributed by atoms with Crippen molar-refractivity contribution >= 4 is 38.9 Å². The third-order valence-electron chi connectivity index (χ3n) is 4.54. The summed E-state index contributed by atoms with van der Waals surface area (Å²) in [5.41, 5.74) is 2.30. The zero-order valence-electron chi connectivity index (χ0n) is 14.6. The monoisotopic (exact) mass is 393 g/mol. The molecule has 1 saturated heterocycles. The molecular weight excluding hydrogens is 374 g/mol. The molecule has 0 saturated carbocycles. The van der Waals surface area contributed by atoms with Crippen LogP contribution in [0.4, 0.5) is 11.5 Å². The van der Waals surface area contributed by atoms with E-state index in [9.17, 15) is 13.2 Å². The van der Waals surface area contributed by atoms with Crippen LogP contribution in [0.5, 0.6) is 0 Å². The van der Waals surface area contributed by atoms with E-state index < -0.39 is 9.84 Å². The SMILES string of the molecule is Cc1cc(Cl)ccc1Nc1ccc(C(=O)N(C)C2CCS(=O)(=O)C2)cn1. The first-order chi connectivity index (χ1) is 12.2. The standard InChI is InChI=1S/C18H20ClN3O3S/c1-12-9-14(19)4-5-16(12)21-17-6-3-13(10-20-17)18(23)22(2)15-7-8-26(24,25)11-15/h3-6,9-10,15H,7-8,11H2,1-2H3,(H,20,21). The van der Waals surface area contributed by atoms with Crippen LogP contribution in [0.1, 0.15) is 22.3 Å². The van der Waals surface area contributed by atoms with Gasteiger partial charge in [-0.05, 0) is 49.2 Å². The molecule has 0 radical (unpaired) electrons. The molecule has 3 rings (SSSR count). The Balaban J connectivity index is 1.70. The summed E-state index contributed by atoms with van der Waals surface area (Å²) in [5.74, 6) is 0.543. The van der Waals surface area contributed by atoms with Gasteiger partial charge >= 0.3 is 0 Å². The molecule has 2 heterocycles. The average molecular weight is 394 g/mol. The molecule has 1 aliphatic heterocycles. The van der Waals surface area contributed by atoms with Gasteiger partial charge in [0.1, 0.15) is 5.82 Å². The highest BCUT2D eigenvalue weighted by molar-refractivity contribution is 7.91. The van der Waals surface area contributed by atoms with Crippen LogP contribution in [0, 0.1) is 6.92 Å². The van der Waals surface area contributed by atoms with Crippen LogP contribution in [0.2, 0.25) is 5.02 Å². The maximum Gasteiger partial charge on any atom is 0.255 e. The molecule has 2 aromatic rings. The smallest absolute Gasteiger partial charge is 0.255 e. The normalized spacial score (nSPS) is 18.5. The highest BCUT2D eigenvalue weighted by atomic mass is 35.5. The van der Waals surface area contributed by atoms with Crippen molar-refractivity contribution in [3.05, 3.63) is 52.7 Å². The second-order valence-corrected chi connectivity index (χ2v) is 9.15. The van der Waals surface area contributed by atoms with Gasteiger partial charge in [-0.15, -0.1) is 0 Å². The van der Waals surface area contributed by atoms with E-state index >= 15 is 0 Å². The molecule has 1 aliphatic rings. The lowest BCUT2D eigenvalue weighted by Gasteiger charge is -2.23. The summed E-state index contributed by atoms with van der Waals surface area (Å²) in [5, 5.41) is 3.85. The molecule has 1 fully saturated rings. The molecule has 138 valence electrons. The van der Waals surface area contributed by atoms with Crippen LogP contribution < -0.4 is 5.32 Å². The van der Waals surface area contributed by atoms with Gasteiger partial charge in [0, 0.05) is 30.0 Å². The van der Waals surface area contributed by atoms with Crippen molar-refractivity contribution in [3.8, 4) is 0 Å². The topological polar surface area (TPSA) is 79.4 Å². The number of halogens is 1. The van der Waals surface area contributed by atoms with Crippen LogP contribution >= 0.6 is 11.6 Å². The Morgan fingerprint density at radius 1 is 1.31 bits per heavy atom. The van der Waals surface area contributed by atoms with Gasteiger partial charge in [0.05, 0.1) is 17.1 Å². The van der Waals surface area contributed by atoms with Gasteiger partial charge < -0.3 is 10.2 Å². The van der Waals surface area contributed by atoms with E-state index in [1.807, 2.05) is 19.1 Å². The molecule has 0 bridgehead atoms.